The lowest BCUT2D eigenvalue weighted by Gasteiger charge is -2.11. The molecule has 3 heterocycles. The maximum absolute atomic E-state index is 12.7. The molecule has 1 atom stereocenters. The van der Waals surface area contributed by atoms with Crippen LogP contribution in [0.5, 0.6) is 0 Å². The van der Waals surface area contributed by atoms with Gasteiger partial charge in [0.15, 0.2) is 5.69 Å². The second-order valence-electron chi connectivity index (χ2n) is 6.18. The van der Waals surface area contributed by atoms with Gasteiger partial charge in [0, 0.05) is 18.4 Å². The molecular weight excluding hydrogens is 423 g/mol. The lowest BCUT2D eigenvalue weighted by atomic mass is 10.1. The van der Waals surface area contributed by atoms with E-state index in [-0.39, 0.29) is 17.7 Å². The highest BCUT2D eigenvalue weighted by molar-refractivity contribution is 5.84. The molecule has 1 aliphatic rings. The number of anilines is 2. The van der Waals surface area contributed by atoms with Crippen molar-refractivity contribution in [1.29, 1.82) is 0 Å². The van der Waals surface area contributed by atoms with Crippen LogP contribution in [0.15, 0.2) is 60.2 Å². The van der Waals surface area contributed by atoms with Crippen LogP contribution in [0, 0.1) is 0 Å². The number of nitrogens with one attached hydrogen (secondary N) is 2. The monoisotopic (exact) mass is 447 g/mol. The molecule has 7 nitrogen and oxygen atoms in total. The normalized spacial score (nSPS) is 15.0. The summed E-state index contributed by atoms with van der Waals surface area (Å²) in [6, 6.07) is 7.97. The zero-order valence-corrected chi connectivity index (χ0v) is 17.7. The van der Waals surface area contributed by atoms with Crippen LogP contribution < -0.4 is 10.6 Å². The van der Waals surface area contributed by atoms with E-state index in [0.717, 1.165) is 12.1 Å². The molecule has 170 valence electrons. The number of rotatable bonds is 4. The SMILES string of the molecule is C=C.CC.O=C1NCCC1c1nnc(-c2ncccc2Nc2ccc(C(F)(F)F)cc2)o1. The number of hydrogen-bond donors (Lipinski definition) is 2. The maximum atomic E-state index is 12.7. The standard InChI is InChI=1S/C18H14F3N5O2.C2H6.C2H4/c19-18(20,21)10-3-5-11(6-4-10)24-13-2-1-8-22-14(13)17-26-25-16(28-17)12-7-9-23-15(12)27;2*1-2/h1-6,8,12,24H,7,9H2,(H,23,27);1-2H3;1-2H2. The predicted octanol–water partition coefficient (Wildman–Crippen LogP) is 5.33. The fourth-order valence-corrected chi connectivity index (χ4v) is 2.88. The molecule has 1 aliphatic heterocycles. The van der Waals surface area contributed by atoms with Gasteiger partial charge < -0.3 is 15.1 Å². The average molecular weight is 447 g/mol. The Kier molecular flexibility index (Phi) is 8.51. The Hall–Kier alpha value is -3.69. The van der Waals surface area contributed by atoms with Crippen molar-refractivity contribution in [2.45, 2.75) is 32.4 Å². The highest BCUT2D eigenvalue weighted by atomic mass is 19.4. The predicted molar refractivity (Wildman–Crippen MR) is 115 cm³/mol. The van der Waals surface area contributed by atoms with Gasteiger partial charge >= 0.3 is 6.18 Å². The fourth-order valence-electron chi connectivity index (χ4n) is 2.88. The van der Waals surface area contributed by atoms with Gasteiger partial charge in [-0.1, -0.05) is 13.8 Å². The number of hydrogen-bond acceptors (Lipinski definition) is 6. The topological polar surface area (TPSA) is 92.9 Å². The Labute approximate surface area is 183 Å². The van der Waals surface area contributed by atoms with Gasteiger partial charge in [-0.15, -0.1) is 23.4 Å². The Morgan fingerprint density at radius 3 is 2.41 bits per heavy atom. The van der Waals surface area contributed by atoms with Crippen molar-refractivity contribution in [3.63, 3.8) is 0 Å². The van der Waals surface area contributed by atoms with Crippen molar-refractivity contribution < 1.29 is 22.4 Å². The number of aromatic nitrogens is 3. The molecule has 0 saturated carbocycles. The first-order chi connectivity index (χ1) is 15.4. The van der Waals surface area contributed by atoms with Crippen LogP contribution in [0.3, 0.4) is 0 Å². The number of carbonyl (C=O) groups is 1. The molecule has 4 rings (SSSR count). The number of nitrogens with zero attached hydrogens (tertiary/aromatic N) is 3. The van der Waals surface area contributed by atoms with E-state index in [1.165, 1.54) is 18.3 Å². The molecule has 10 heteroatoms. The second kappa shape index (κ2) is 11.1. The van der Waals surface area contributed by atoms with Gasteiger partial charge in [0.05, 0.1) is 11.3 Å². The first kappa shape index (κ1) is 24.6. The first-order valence-electron chi connectivity index (χ1n) is 9.92. The van der Waals surface area contributed by atoms with Crippen molar-refractivity contribution in [3.05, 3.63) is 67.2 Å². The number of carbonyl (C=O) groups excluding carboxylic acids is 1. The molecule has 0 radical (unpaired) electrons. The molecule has 1 fully saturated rings. The molecule has 0 aliphatic carbocycles. The number of alkyl halides is 3. The minimum absolute atomic E-state index is 0.115. The molecule has 0 bridgehead atoms. The van der Waals surface area contributed by atoms with Crippen LogP contribution in [-0.2, 0) is 11.0 Å². The van der Waals surface area contributed by atoms with Crippen LogP contribution >= 0.6 is 0 Å². The van der Waals surface area contributed by atoms with Crippen molar-refractivity contribution >= 4 is 17.3 Å². The third-order valence-electron chi connectivity index (χ3n) is 4.29. The van der Waals surface area contributed by atoms with Gasteiger partial charge in [0.1, 0.15) is 5.92 Å². The van der Waals surface area contributed by atoms with E-state index in [0.29, 0.717) is 30.0 Å². The van der Waals surface area contributed by atoms with E-state index in [2.05, 4.69) is 39.0 Å². The number of amides is 1. The van der Waals surface area contributed by atoms with Crippen LogP contribution in [0.25, 0.3) is 11.6 Å². The van der Waals surface area contributed by atoms with Gasteiger partial charge in [-0.25, -0.2) is 4.98 Å². The number of pyridine rings is 1. The molecule has 1 aromatic carbocycles. The average Bonchev–Trinajstić information content (AvgIpc) is 3.46. The van der Waals surface area contributed by atoms with Crippen molar-refractivity contribution in [2.75, 3.05) is 11.9 Å². The summed E-state index contributed by atoms with van der Waals surface area (Å²) in [5.41, 5.74) is 0.519. The summed E-state index contributed by atoms with van der Waals surface area (Å²) in [7, 11) is 0. The van der Waals surface area contributed by atoms with Crippen molar-refractivity contribution in [2.24, 2.45) is 0 Å². The van der Waals surface area contributed by atoms with Gasteiger partial charge in [0.2, 0.25) is 11.8 Å². The minimum atomic E-state index is -4.40. The van der Waals surface area contributed by atoms with Crippen LogP contribution in [0.2, 0.25) is 0 Å². The summed E-state index contributed by atoms with van der Waals surface area (Å²) in [6.45, 7) is 10.5. The zero-order chi connectivity index (χ0) is 23.7. The zero-order valence-electron chi connectivity index (χ0n) is 17.7. The summed E-state index contributed by atoms with van der Waals surface area (Å²) < 4.78 is 43.7. The van der Waals surface area contributed by atoms with E-state index in [4.69, 9.17) is 4.42 Å². The van der Waals surface area contributed by atoms with Gasteiger partial charge in [-0.3, -0.25) is 4.79 Å². The summed E-state index contributed by atoms with van der Waals surface area (Å²) in [5.74, 6) is -0.337. The van der Waals surface area contributed by atoms with Crippen LogP contribution in [-0.4, -0.2) is 27.6 Å². The Morgan fingerprint density at radius 2 is 1.81 bits per heavy atom. The third-order valence-corrected chi connectivity index (χ3v) is 4.29. The van der Waals surface area contributed by atoms with E-state index in [9.17, 15) is 18.0 Å². The van der Waals surface area contributed by atoms with Gasteiger partial charge in [-0.2, -0.15) is 13.2 Å². The summed E-state index contributed by atoms with van der Waals surface area (Å²) in [6.07, 6.45) is -2.30. The van der Waals surface area contributed by atoms with E-state index >= 15 is 0 Å². The van der Waals surface area contributed by atoms with Crippen LogP contribution in [0.1, 0.15) is 37.6 Å². The van der Waals surface area contributed by atoms with Crippen LogP contribution in [0.4, 0.5) is 24.5 Å². The fraction of sp³-hybridized carbons (Fsp3) is 0.273. The minimum Gasteiger partial charge on any atom is -0.418 e. The molecule has 2 aromatic heterocycles. The quantitative estimate of drug-likeness (QED) is 0.526. The highest BCUT2D eigenvalue weighted by Gasteiger charge is 2.32. The highest BCUT2D eigenvalue weighted by Crippen LogP contribution is 2.32. The Morgan fingerprint density at radius 1 is 1.12 bits per heavy atom. The largest absolute Gasteiger partial charge is 0.418 e. The first-order valence-corrected chi connectivity index (χ1v) is 9.92. The number of halogens is 3. The lowest BCUT2D eigenvalue weighted by molar-refractivity contribution is -0.137. The maximum Gasteiger partial charge on any atom is 0.416 e. The Balaban J connectivity index is 0.000000860. The van der Waals surface area contributed by atoms with Crippen molar-refractivity contribution in [1.82, 2.24) is 20.5 Å². The summed E-state index contributed by atoms with van der Waals surface area (Å²) in [4.78, 5) is 16.0. The molecule has 0 spiro atoms. The smallest absolute Gasteiger partial charge is 0.416 e. The van der Waals surface area contributed by atoms with Crippen molar-refractivity contribution in [3.8, 4) is 11.6 Å². The van der Waals surface area contributed by atoms with E-state index < -0.39 is 17.7 Å². The van der Waals surface area contributed by atoms with E-state index in [1.54, 1.807) is 12.1 Å². The third kappa shape index (κ3) is 5.71. The molecule has 1 unspecified atom stereocenters. The molecule has 3 aromatic rings. The molecule has 32 heavy (non-hydrogen) atoms. The molecule has 2 N–H and O–H groups in total. The van der Waals surface area contributed by atoms with Gasteiger partial charge in [-0.05, 0) is 42.8 Å². The molecule has 1 saturated heterocycles. The number of benzene rings is 1. The van der Waals surface area contributed by atoms with E-state index in [1.807, 2.05) is 13.8 Å². The molecular formula is C22H24F3N5O2. The lowest BCUT2D eigenvalue weighted by Crippen LogP contribution is -2.18. The van der Waals surface area contributed by atoms with Gasteiger partial charge in [0.25, 0.3) is 5.89 Å². The second-order valence-corrected chi connectivity index (χ2v) is 6.18. The summed E-state index contributed by atoms with van der Waals surface area (Å²) >= 11 is 0. The Bertz CT molecular complexity index is 1020. The summed E-state index contributed by atoms with van der Waals surface area (Å²) in [5, 5.41) is 13.6. The molecule has 1 amide bonds.